The van der Waals surface area contributed by atoms with E-state index >= 15 is 0 Å². The third-order valence-corrected chi connectivity index (χ3v) is 4.71. The monoisotopic (exact) mass is 471 g/mol. The van der Waals surface area contributed by atoms with Crippen molar-refractivity contribution in [2.24, 2.45) is 17.3 Å². The minimum atomic E-state index is -4.41. The summed E-state index contributed by atoms with van der Waals surface area (Å²) >= 11 is 0. The van der Waals surface area contributed by atoms with Crippen LogP contribution in [-0.2, 0) is 21.6 Å². The Labute approximate surface area is 193 Å². The van der Waals surface area contributed by atoms with Gasteiger partial charge in [-0.15, -0.1) is 5.10 Å². The molecule has 1 heterocycles. The summed E-state index contributed by atoms with van der Waals surface area (Å²) in [6.07, 6.45) is 5.69. The van der Waals surface area contributed by atoms with Gasteiger partial charge in [-0.2, -0.15) is 5.10 Å². The molecule has 0 fully saturated rings. The predicted octanol–water partition coefficient (Wildman–Crippen LogP) is 2.49. The van der Waals surface area contributed by atoms with E-state index in [2.05, 4.69) is 14.4 Å². The van der Waals surface area contributed by atoms with Gasteiger partial charge in [0.25, 0.3) is 0 Å². The lowest BCUT2D eigenvalue weighted by Crippen LogP contribution is -2.25. The first kappa shape index (κ1) is 25.7. The fraction of sp³-hybridized carbons (Fsp3) is 0.174. The lowest BCUT2D eigenvalue weighted by Gasteiger charge is -2.08. The Morgan fingerprint density at radius 2 is 1.27 bits per heavy atom. The molecule has 1 aromatic heterocycles. The molecule has 0 N–H and O–H groups in total. The van der Waals surface area contributed by atoms with E-state index in [4.69, 9.17) is 9.47 Å². The molecule has 0 aliphatic heterocycles. The highest BCUT2D eigenvalue weighted by molar-refractivity contribution is 7.80. The van der Waals surface area contributed by atoms with E-state index in [0.29, 0.717) is 0 Å². The zero-order valence-electron chi connectivity index (χ0n) is 18.7. The first-order chi connectivity index (χ1) is 15.8. The van der Waals surface area contributed by atoms with Crippen LogP contribution in [-0.4, -0.2) is 46.2 Å². The first-order valence-corrected chi connectivity index (χ1v) is 11.0. The van der Waals surface area contributed by atoms with Crippen molar-refractivity contribution in [3.63, 3.8) is 0 Å². The SMILES string of the molecule is COS(=O)(=O)[O-].COc1ccc(C(=NN=Cc2cc[n+](C)cc2)c2ccc(OC)cc2)cc1. The van der Waals surface area contributed by atoms with Crippen LogP contribution in [0.1, 0.15) is 16.7 Å². The predicted molar refractivity (Wildman–Crippen MR) is 124 cm³/mol. The van der Waals surface area contributed by atoms with Crippen LogP contribution in [0.15, 0.2) is 83.3 Å². The highest BCUT2D eigenvalue weighted by Crippen LogP contribution is 2.18. The Hall–Kier alpha value is -3.60. The summed E-state index contributed by atoms with van der Waals surface area (Å²) < 4.78 is 43.5. The Balaban J connectivity index is 0.000000569. The van der Waals surface area contributed by atoms with Crippen molar-refractivity contribution in [3.8, 4) is 11.5 Å². The Bertz CT molecular complexity index is 1120. The van der Waals surface area contributed by atoms with Gasteiger partial charge in [0.15, 0.2) is 12.4 Å². The molecule has 0 radical (unpaired) electrons. The van der Waals surface area contributed by atoms with E-state index in [1.807, 2.05) is 84.7 Å². The van der Waals surface area contributed by atoms with E-state index in [1.165, 1.54) is 0 Å². The topological polar surface area (TPSA) is 113 Å². The maximum absolute atomic E-state index is 9.22. The summed E-state index contributed by atoms with van der Waals surface area (Å²) in [7, 11) is 1.67. The van der Waals surface area contributed by atoms with Crippen molar-refractivity contribution in [1.29, 1.82) is 0 Å². The number of aryl methyl sites for hydroxylation is 1. The van der Waals surface area contributed by atoms with Crippen LogP contribution in [0.5, 0.6) is 11.5 Å². The first-order valence-electron chi connectivity index (χ1n) is 9.62. The zero-order valence-corrected chi connectivity index (χ0v) is 19.5. The highest BCUT2D eigenvalue weighted by atomic mass is 32.3. The molecule has 3 rings (SSSR count). The summed E-state index contributed by atoms with van der Waals surface area (Å²) in [5.74, 6) is 1.60. The van der Waals surface area contributed by atoms with E-state index in [-0.39, 0.29) is 0 Å². The number of pyridine rings is 1. The second-order valence-corrected chi connectivity index (χ2v) is 7.67. The van der Waals surface area contributed by atoms with Crippen molar-refractivity contribution in [1.82, 2.24) is 0 Å². The maximum Gasteiger partial charge on any atom is 0.217 e. The van der Waals surface area contributed by atoms with Crippen molar-refractivity contribution in [2.45, 2.75) is 0 Å². The molecule has 0 saturated heterocycles. The molecule has 10 heteroatoms. The average Bonchev–Trinajstić information content (AvgIpc) is 2.83. The number of nitrogens with zero attached hydrogens (tertiary/aromatic N) is 3. The lowest BCUT2D eigenvalue weighted by molar-refractivity contribution is -0.671. The average molecular weight is 472 g/mol. The van der Waals surface area contributed by atoms with Crippen LogP contribution in [0.4, 0.5) is 0 Å². The molecule has 0 saturated carbocycles. The third-order valence-electron chi connectivity index (χ3n) is 4.30. The molecule has 0 amide bonds. The number of rotatable bonds is 7. The Kier molecular flexibility index (Phi) is 9.67. The molecule has 0 spiro atoms. The molecular weight excluding hydrogens is 446 g/mol. The second kappa shape index (κ2) is 12.4. The van der Waals surface area contributed by atoms with Gasteiger partial charge in [-0.3, -0.25) is 4.18 Å². The number of hydrogen-bond acceptors (Lipinski definition) is 8. The second-order valence-electron chi connectivity index (χ2n) is 6.52. The minimum Gasteiger partial charge on any atom is -0.726 e. The Morgan fingerprint density at radius 1 is 0.848 bits per heavy atom. The van der Waals surface area contributed by atoms with Crippen molar-refractivity contribution in [3.05, 3.63) is 89.7 Å². The van der Waals surface area contributed by atoms with Gasteiger partial charge in [-0.25, -0.2) is 13.0 Å². The molecule has 9 nitrogen and oxygen atoms in total. The number of ether oxygens (including phenoxy) is 2. The standard InChI is InChI=1S/C22H22N3O2.CH4O4S/c1-25-14-12-17(13-15-25)16-23-24-22(18-4-8-20(26-2)9-5-18)19-6-10-21(27-3)11-7-19;1-5-6(2,3)4/h4-16H,1-3H3;1H3,(H,2,3,4)/q+1;/p-1. The molecular formula is C23H25N3O6S. The van der Waals surface area contributed by atoms with E-state index < -0.39 is 10.4 Å². The largest absolute Gasteiger partial charge is 0.726 e. The van der Waals surface area contributed by atoms with Gasteiger partial charge < -0.3 is 14.0 Å². The van der Waals surface area contributed by atoms with Crippen LogP contribution in [0, 0.1) is 0 Å². The molecule has 2 aromatic carbocycles. The summed E-state index contributed by atoms with van der Waals surface area (Å²) in [4.78, 5) is 0. The zero-order chi connectivity index (χ0) is 24.3. The van der Waals surface area contributed by atoms with E-state index in [9.17, 15) is 13.0 Å². The summed E-state index contributed by atoms with van der Waals surface area (Å²) in [6.45, 7) is 0. The number of aromatic nitrogens is 1. The number of methoxy groups -OCH3 is 2. The quantitative estimate of drug-likeness (QED) is 0.172. The summed E-state index contributed by atoms with van der Waals surface area (Å²) in [5, 5.41) is 8.79. The smallest absolute Gasteiger partial charge is 0.217 e. The van der Waals surface area contributed by atoms with Crippen molar-refractivity contribution in [2.75, 3.05) is 21.3 Å². The van der Waals surface area contributed by atoms with Crippen LogP contribution in [0.3, 0.4) is 0 Å². The van der Waals surface area contributed by atoms with E-state index in [1.54, 1.807) is 20.4 Å². The number of hydrogen-bond donors (Lipinski definition) is 0. The normalized spacial score (nSPS) is 10.8. The van der Waals surface area contributed by atoms with E-state index in [0.717, 1.165) is 41.0 Å². The summed E-state index contributed by atoms with van der Waals surface area (Å²) in [5.41, 5.74) is 3.67. The van der Waals surface area contributed by atoms with Gasteiger partial charge in [0.2, 0.25) is 10.4 Å². The fourth-order valence-corrected chi connectivity index (χ4v) is 2.53. The molecule has 0 unspecified atom stereocenters. The third kappa shape index (κ3) is 8.81. The van der Waals surface area contributed by atoms with Crippen molar-refractivity contribution < 1.29 is 31.2 Å². The molecule has 33 heavy (non-hydrogen) atoms. The lowest BCUT2D eigenvalue weighted by atomic mass is 10.0. The summed E-state index contributed by atoms with van der Waals surface area (Å²) in [6, 6.07) is 19.5. The van der Waals surface area contributed by atoms with Gasteiger partial charge in [0.1, 0.15) is 24.3 Å². The van der Waals surface area contributed by atoms with Crippen LogP contribution < -0.4 is 14.0 Å². The molecule has 0 atom stereocenters. The van der Waals surface area contributed by atoms with Crippen molar-refractivity contribution >= 4 is 22.3 Å². The molecule has 0 aliphatic rings. The molecule has 0 aliphatic carbocycles. The van der Waals surface area contributed by atoms with Crippen LogP contribution in [0.25, 0.3) is 0 Å². The molecule has 3 aromatic rings. The molecule has 174 valence electrons. The minimum absolute atomic E-state index is 0.776. The van der Waals surface area contributed by atoms with Gasteiger partial charge in [-0.1, -0.05) is 0 Å². The Morgan fingerprint density at radius 3 is 1.64 bits per heavy atom. The van der Waals surface area contributed by atoms with Crippen LogP contribution in [0.2, 0.25) is 0 Å². The van der Waals surface area contributed by atoms with Gasteiger partial charge in [0, 0.05) is 28.8 Å². The van der Waals surface area contributed by atoms with Gasteiger partial charge in [0.05, 0.1) is 27.5 Å². The molecule has 0 bridgehead atoms. The van der Waals surface area contributed by atoms with Gasteiger partial charge in [-0.05, 0) is 48.5 Å². The highest BCUT2D eigenvalue weighted by Gasteiger charge is 2.08. The number of benzene rings is 2. The maximum atomic E-state index is 9.22. The van der Waals surface area contributed by atoms with Crippen LogP contribution >= 0.6 is 0 Å². The van der Waals surface area contributed by atoms with Gasteiger partial charge >= 0.3 is 0 Å². The fourth-order valence-electron chi connectivity index (χ4n) is 2.53.